The number of hydrogen-bond acceptors (Lipinski definition) is 25. The second-order valence-electron chi connectivity index (χ2n) is 32.9. The molecule has 1 aromatic heterocycles. The first-order valence-electron chi connectivity index (χ1n) is 44.2. The van der Waals surface area contributed by atoms with E-state index < -0.39 is 311 Å². The maximum atomic E-state index is 15.3. The van der Waals surface area contributed by atoms with Crippen molar-refractivity contribution in [1.82, 2.24) is 90.1 Å². The number of phenolic OH excluding ortho intramolecular Hbond substituents is 1. The number of primary amides is 2. The number of nitrogens with two attached hydrogens (primary N) is 4. The maximum absolute atomic E-state index is 15.3. The van der Waals surface area contributed by atoms with Crippen LogP contribution in [0.2, 0.25) is 0 Å². The number of fused-ring (bicyclic) bond motifs is 1. The summed E-state index contributed by atoms with van der Waals surface area (Å²) in [5, 5.41) is 107. The Hall–Kier alpha value is -16.0. The van der Waals surface area contributed by atoms with Gasteiger partial charge in [0.25, 0.3) is 0 Å². The molecule has 32 N–H and O–H groups in total. The van der Waals surface area contributed by atoms with E-state index >= 15 is 19.2 Å². The van der Waals surface area contributed by atoms with Crippen LogP contribution in [0.3, 0.4) is 0 Å². The highest BCUT2D eigenvalue weighted by Crippen LogP contribution is 2.22. The summed E-state index contributed by atoms with van der Waals surface area (Å²) in [7, 11) is 0. The molecular formula is C91H120N22O26. The van der Waals surface area contributed by atoms with Crippen molar-refractivity contribution in [3.05, 3.63) is 174 Å². The lowest BCUT2D eigenvalue weighted by atomic mass is 10.0. The number of rotatable bonds is 59. The molecule has 0 bridgehead atoms. The normalized spacial score (nSPS) is 14.2. The number of aliphatic hydroxyl groups excluding tert-OH is 2. The van der Waals surface area contributed by atoms with Crippen LogP contribution in [0, 0.1) is 11.3 Å². The number of carbonyl (C=O) groups is 20. The molecule has 750 valence electrons. The summed E-state index contributed by atoms with van der Waals surface area (Å²) in [5.74, 6) is -24.9. The van der Waals surface area contributed by atoms with Gasteiger partial charge < -0.3 is 144 Å². The molecule has 0 aliphatic rings. The summed E-state index contributed by atoms with van der Waals surface area (Å²) < 4.78 is 0. The van der Waals surface area contributed by atoms with Gasteiger partial charge in [-0.3, -0.25) is 96.5 Å². The first kappa shape index (κ1) is 112. The molecular weight excluding hydrogens is 1820 g/mol. The van der Waals surface area contributed by atoms with Gasteiger partial charge >= 0.3 is 17.9 Å². The number of carboxylic acids is 3. The molecule has 6 rings (SSSR count). The van der Waals surface area contributed by atoms with E-state index in [-0.39, 0.29) is 37.1 Å². The Morgan fingerprint density at radius 1 is 0.374 bits per heavy atom. The summed E-state index contributed by atoms with van der Waals surface area (Å²) >= 11 is 0. The van der Waals surface area contributed by atoms with Crippen LogP contribution in [-0.2, 0) is 128 Å². The fraction of sp³-hybridized carbons (Fsp3) is 0.418. The minimum Gasteiger partial charge on any atom is -0.508 e. The smallest absolute Gasteiger partial charge is 0.328 e. The van der Waals surface area contributed by atoms with Gasteiger partial charge in [-0.1, -0.05) is 135 Å². The average Bonchev–Trinajstić information content (AvgIpc) is 1.83. The Bertz CT molecular complexity index is 5300. The minimum absolute atomic E-state index is 0.00696. The number of carbonyl (C=O) groups excluding carboxylic acids is 17. The fourth-order valence-corrected chi connectivity index (χ4v) is 14.1. The highest BCUT2D eigenvalue weighted by Gasteiger charge is 2.40. The molecule has 6 aromatic rings. The molecule has 17 amide bonds. The third-order valence-corrected chi connectivity index (χ3v) is 21.5. The number of aromatic hydroxyl groups is 1. The van der Waals surface area contributed by atoms with Gasteiger partial charge in [-0.05, 0) is 97.9 Å². The second kappa shape index (κ2) is 56.4. The van der Waals surface area contributed by atoms with Crippen molar-refractivity contribution in [2.24, 2.45) is 28.9 Å². The highest BCUT2D eigenvalue weighted by molar-refractivity contribution is 6.02. The molecule has 0 spiro atoms. The standard InChI is InChI=1S/C91H120N22O26/c1-47(2)75(89(137)113-76(49(4)115)90(138)139)112-81(129)61(31-34-70(94)118)103-77(125)48(3)100-79(127)60(30-33-69(93)117)106-83(131)63(38-51-19-10-6-11-20-51)108-86(134)66(41-54-44-98-57-24-15-14-23-56(54)57)110-87(135)67(42-74(123)124)111-85(133)65(40-53-26-28-55(116)29-27-53)107-84(132)64(39-52-21-12-7-13-22-52)109-88(136)68(46-114)102-72(120)45-99-78(126)59(32-35-73(121)122)105-80(128)58(25-16-36-97-91(95)96)104-82(130)62(101-71(119)43-92)37-50-17-8-5-9-18-50/h5-15,17-24,26-29,44,47-49,58-68,75-76,98,114-116H,16,25,30-43,45-46,92H2,1-4H3,(H2,93,117)(H2,94,118)(H,99,126)(H,100,127)(H,101,119)(H,102,120)(H,103,125)(H,104,130)(H,105,128)(H,106,131)(H,107,132)(H,108,134)(H,109,136)(H,110,135)(H,111,133)(H,112,129)(H,113,137)(H,121,122)(H,123,124)(H,138,139)(H4,95,96,97)/t48-,49+,58-,59-,60-,61-,62-,63-,64-,65-,66-,67-,68-,75-,76-/m0/s1. The maximum Gasteiger partial charge on any atom is 0.328 e. The summed E-state index contributed by atoms with van der Waals surface area (Å²) in [6.45, 7) is 2.47. The van der Waals surface area contributed by atoms with Crippen LogP contribution < -0.4 is 108 Å². The Morgan fingerprint density at radius 3 is 1.19 bits per heavy atom. The number of carboxylic acid groups (broad SMARTS) is 3. The molecule has 139 heavy (non-hydrogen) atoms. The van der Waals surface area contributed by atoms with Gasteiger partial charge in [0.15, 0.2) is 12.0 Å². The number of amides is 17. The first-order chi connectivity index (χ1) is 65.9. The first-order valence-corrected chi connectivity index (χ1v) is 44.2. The number of aliphatic carboxylic acids is 3. The van der Waals surface area contributed by atoms with Gasteiger partial charge in [-0.2, -0.15) is 0 Å². The van der Waals surface area contributed by atoms with E-state index in [0.717, 1.165) is 13.8 Å². The largest absolute Gasteiger partial charge is 0.508 e. The Morgan fingerprint density at radius 2 is 0.748 bits per heavy atom. The van der Waals surface area contributed by atoms with Crippen LogP contribution in [0.25, 0.3) is 10.9 Å². The molecule has 48 heteroatoms. The molecule has 1 heterocycles. The van der Waals surface area contributed by atoms with Gasteiger partial charge in [0.2, 0.25) is 100 Å². The number of benzene rings is 5. The lowest BCUT2D eigenvalue weighted by Gasteiger charge is -2.28. The fourth-order valence-electron chi connectivity index (χ4n) is 14.1. The summed E-state index contributed by atoms with van der Waals surface area (Å²) in [4.78, 5) is 278. The zero-order valence-corrected chi connectivity index (χ0v) is 76.5. The molecule has 0 unspecified atom stereocenters. The number of H-pyrrole nitrogens is 1. The van der Waals surface area contributed by atoms with Crippen molar-refractivity contribution in [2.75, 3.05) is 26.2 Å². The number of aliphatic hydroxyl groups is 2. The van der Waals surface area contributed by atoms with Crippen LogP contribution in [-0.4, -0.2) is 277 Å². The van der Waals surface area contributed by atoms with Crippen LogP contribution in [0.1, 0.15) is 113 Å². The average molecular weight is 1940 g/mol. The van der Waals surface area contributed by atoms with Crippen molar-refractivity contribution in [1.29, 1.82) is 5.41 Å². The van der Waals surface area contributed by atoms with Crippen LogP contribution in [0.15, 0.2) is 146 Å². The monoisotopic (exact) mass is 1940 g/mol. The molecule has 0 radical (unpaired) electrons. The van der Waals surface area contributed by atoms with E-state index in [9.17, 15) is 107 Å². The lowest BCUT2D eigenvalue weighted by Crippen LogP contribution is -2.61. The number of guanidine groups is 1. The molecule has 0 saturated heterocycles. The Balaban J connectivity index is 1.25. The SMILES string of the molecule is CC(C)[C@H](NC(=O)[C@H](CCC(N)=O)NC(=O)[C@H](C)NC(=O)[C@H](CCC(N)=O)NC(=O)[C@H](Cc1ccccc1)NC(=O)[C@H](Cc1c[nH]c2ccccc12)NC(=O)[C@H](CC(=O)O)NC(=O)[C@H](Cc1ccc(O)cc1)NC(=O)[C@H](Cc1ccccc1)NC(=O)[C@H](CO)NC(=O)CNC(=O)[C@H](CCC(=O)O)NC(=O)[C@H](CCCNC(=N)N)NC(=O)[C@H](Cc1ccccc1)NC(=O)CN)C(=O)N[C@H](C(=O)O)[C@@H](C)O. The summed E-state index contributed by atoms with van der Waals surface area (Å²) in [5.41, 5.74) is 24.3. The molecule has 0 aliphatic heterocycles. The minimum atomic E-state index is -2.17. The van der Waals surface area contributed by atoms with Crippen molar-refractivity contribution in [2.45, 2.75) is 208 Å². The van der Waals surface area contributed by atoms with Gasteiger partial charge in [0, 0.05) is 75.0 Å². The Kier molecular flexibility index (Phi) is 45.3. The predicted octanol–water partition coefficient (Wildman–Crippen LogP) is -6.48. The van der Waals surface area contributed by atoms with E-state index in [0.29, 0.717) is 33.2 Å². The van der Waals surface area contributed by atoms with Gasteiger partial charge in [-0.15, -0.1) is 0 Å². The second-order valence-corrected chi connectivity index (χ2v) is 32.9. The zero-order valence-electron chi connectivity index (χ0n) is 76.5. The number of nitrogens with one attached hydrogen (secondary N) is 18. The Labute approximate surface area is 796 Å². The van der Waals surface area contributed by atoms with E-state index in [1.165, 1.54) is 56.4 Å². The van der Waals surface area contributed by atoms with Crippen molar-refractivity contribution in [3.8, 4) is 5.75 Å². The van der Waals surface area contributed by atoms with E-state index in [1.807, 2.05) is 0 Å². The quantitative estimate of drug-likeness (QED) is 0.00959. The number of para-hydroxylation sites is 1. The van der Waals surface area contributed by atoms with Crippen LogP contribution >= 0.6 is 0 Å². The van der Waals surface area contributed by atoms with E-state index in [2.05, 4.69) is 90.1 Å². The molecule has 0 saturated carbocycles. The molecule has 0 fully saturated rings. The highest BCUT2D eigenvalue weighted by atomic mass is 16.4. The van der Waals surface area contributed by atoms with Crippen LogP contribution in [0.5, 0.6) is 5.75 Å². The van der Waals surface area contributed by atoms with Gasteiger partial charge in [0.1, 0.15) is 84.3 Å². The zero-order chi connectivity index (χ0) is 103. The summed E-state index contributed by atoms with van der Waals surface area (Å²) in [6.07, 6.45) is -6.87. The molecule has 0 aliphatic carbocycles. The van der Waals surface area contributed by atoms with Crippen molar-refractivity contribution >= 4 is 135 Å². The third-order valence-electron chi connectivity index (χ3n) is 21.5. The number of hydrogen-bond donors (Lipinski definition) is 28. The van der Waals surface area contributed by atoms with Gasteiger partial charge in [-0.25, -0.2) is 4.79 Å². The van der Waals surface area contributed by atoms with E-state index in [1.54, 1.807) is 103 Å². The number of aromatic amines is 1. The lowest BCUT2D eigenvalue weighted by molar-refractivity contribution is -0.145. The predicted molar refractivity (Wildman–Crippen MR) is 495 cm³/mol. The molecule has 48 nitrogen and oxygen atoms in total. The molecule has 15 atom stereocenters. The summed E-state index contributed by atoms with van der Waals surface area (Å²) in [6, 6.07) is 11.6. The van der Waals surface area contributed by atoms with Crippen molar-refractivity contribution in [3.63, 3.8) is 0 Å². The topological polar surface area (TPSA) is 799 Å². The van der Waals surface area contributed by atoms with E-state index in [4.69, 9.17) is 28.3 Å². The van der Waals surface area contributed by atoms with Crippen molar-refractivity contribution < 1.29 is 127 Å². The molecule has 5 aromatic carbocycles. The van der Waals surface area contributed by atoms with Gasteiger partial charge in [0.05, 0.1) is 32.2 Å². The number of aromatic nitrogens is 1. The van der Waals surface area contributed by atoms with Crippen LogP contribution in [0.4, 0.5) is 0 Å². The third kappa shape index (κ3) is 38.7. The number of phenols is 1.